The number of halogens is 13. The average molecular weight is 833 g/mol. The SMILES string of the molecule is CC(C)(CCl)C(Cl)(Br)OP(=O)(OC(Cl)(Cl)CC(Cl)(Cl)Br)OC(Cl)(Cl)CC(Cl)(Cl)Br. The second-order valence-electron chi connectivity index (χ2n) is 6.11. The Morgan fingerprint density at radius 1 is 0.724 bits per heavy atom. The van der Waals surface area contributed by atoms with Crippen LogP contribution in [0.4, 0.5) is 0 Å². The molecule has 0 heterocycles. The van der Waals surface area contributed by atoms with Crippen molar-refractivity contribution in [2.75, 3.05) is 5.88 Å². The molecule has 176 valence electrons. The molecule has 0 saturated heterocycles. The van der Waals surface area contributed by atoms with E-state index in [1.54, 1.807) is 13.8 Å². The summed E-state index contributed by atoms with van der Waals surface area (Å²) in [4.78, 5) is 0. The lowest BCUT2D eigenvalue weighted by Gasteiger charge is -2.39. The van der Waals surface area contributed by atoms with Gasteiger partial charge in [0.15, 0.2) is 6.49 Å². The lowest BCUT2D eigenvalue weighted by molar-refractivity contribution is 0.0279. The molecule has 0 aromatic rings. The zero-order valence-electron chi connectivity index (χ0n) is 14.1. The van der Waals surface area contributed by atoms with Crippen LogP contribution in [0.15, 0.2) is 0 Å². The van der Waals surface area contributed by atoms with Crippen LogP contribution in [0.25, 0.3) is 0 Å². The lowest BCUT2D eigenvalue weighted by Crippen LogP contribution is -2.39. The van der Waals surface area contributed by atoms with Gasteiger partial charge in [0.2, 0.25) is 13.0 Å². The summed E-state index contributed by atoms with van der Waals surface area (Å²) < 4.78 is 19.1. The van der Waals surface area contributed by atoms with Crippen molar-refractivity contribution in [1.29, 1.82) is 0 Å². The summed E-state index contributed by atoms with van der Waals surface area (Å²) in [6.07, 6.45) is -1.05. The van der Waals surface area contributed by atoms with Gasteiger partial charge in [-0.3, -0.25) is 4.52 Å². The van der Waals surface area contributed by atoms with Crippen LogP contribution >= 0.6 is 172 Å². The van der Waals surface area contributed by atoms with Crippen molar-refractivity contribution in [1.82, 2.24) is 0 Å². The molecule has 0 aliphatic rings. The van der Waals surface area contributed by atoms with Gasteiger partial charge in [-0.2, -0.15) is 0 Å². The van der Waals surface area contributed by atoms with Crippen LogP contribution < -0.4 is 0 Å². The van der Waals surface area contributed by atoms with Crippen LogP contribution in [0, 0.1) is 5.41 Å². The van der Waals surface area contributed by atoms with Gasteiger partial charge in [-0.05, 0) is 47.8 Å². The van der Waals surface area contributed by atoms with Crippen LogP contribution in [0.3, 0.4) is 0 Å². The van der Waals surface area contributed by atoms with Crippen molar-refractivity contribution < 1.29 is 18.1 Å². The quantitative estimate of drug-likeness (QED) is 0.145. The Balaban J connectivity index is 6.03. The molecular weight excluding hydrogens is 821 g/mol. The maximum Gasteiger partial charge on any atom is 0.482 e. The fourth-order valence-corrected chi connectivity index (χ4v) is 8.64. The topological polar surface area (TPSA) is 44.8 Å². The van der Waals surface area contributed by atoms with Crippen LogP contribution in [0.5, 0.6) is 0 Å². The number of phosphoric ester groups is 1. The molecule has 0 amide bonds. The normalized spacial score (nSPS) is 17.3. The highest BCUT2D eigenvalue weighted by molar-refractivity contribution is 9.11. The summed E-state index contributed by atoms with van der Waals surface area (Å²) in [5.74, 6) is -0.0523. The molecule has 0 N–H and O–H groups in total. The smallest absolute Gasteiger partial charge is 0.253 e. The van der Waals surface area contributed by atoms with Crippen molar-refractivity contribution in [3.05, 3.63) is 0 Å². The molecule has 29 heavy (non-hydrogen) atoms. The minimum atomic E-state index is -4.91. The van der Waals surface area contributed by atoms with E-state index in [2.05, 4.69) is 47.8 Å². The first-order valence-electron chi connectivity index (χ1n) is 6.90. The maximum atomic E-state index is 13.4. The third kappa shape index (κ3) is 13.9. The molecular formula is C11H12Br3Cl10O4P. The van der Waals surface area contributed by atoms with E-state index in [0.29, 0.717) is 0 Å². The van der Waals surface area contributed by atoms with Crippen LogP contribution in [0.2, 0.25) is 0 Å². The minimum Gasteiger partial charge on any atom is -0.253 e. The summed E-state index contributed by atoms with van der Waals surface area (Å²) in [5, 5.41) is 0. The molecule has 0 fully saturated rings. The van der Waals surface area contributed by atoms with Crippen molar-refractivity contribution in [2.45, 2.75) is 46.2 Å². The number of phosphoric acid groups is 1. The van der Waals surface area contributed by atoms with Gasteiger partial charge >= 0.3 is 7.82 Å². The molecule has 0 aromatic carbocycles. The van der Waals surface area contributed by atoms with Gasteiger partial charge in [-0.25, -0.2) is 13.6 Å². The minimum absolute atomic E-state index is 0.0523. The van der Waals surface area contributed by atoms with Crippen molar-refractivity contribution >= 4 is 172 Å². The van der Waals surface area contributed by atoms with E-state index in [-0.39, 0.29) is 5.88 Å². The molecule has 0 spiro atoms. The fraction of sp³-hybridized carbons (Fsp3) is 1.00. The van der Waals surface area contributed by atoms with E-state index in [1.807, 2.05) is 0 Å². The van der Waals surface area contributed by atoms with Crippen molar-refractivity contribution in [3.63, 3.8) is 0 Å². The second kappa shape index (κ2) is 11.7. The summed E-state index contributed by atoms with van der Waals surface area (Å²) >= 11 is 68.4. The summed E-state index contributed by atoms with van der Waals surface area (Å²) in [6.45, 7) is 3.16. The standard InChI is InChI=1S/C11H12Br3Cl10O4P/c1-6(2,5-15)11(14,24)28-29(25,26-9(20,21)3-7(12,16)17)27-10(22,23)4-8(13,18)19/h3-5H2,1-2H3. The summed E-state index contributed by atoms with van der Waals surface area (Å²) in [7, 11) is -4.91. The van der Waals surface area contributed by atoms with E-state index >= 15 is 0 Å². The van der Waals surface area contributed by atoms with E-state index in [0.717, 1.165) is 0 Å². The highest BCUT2D eigenvalue weighted by Gasteiger charge is 2.55. The first-order valence-corrected chi connectivity index (χ1v) is 14.7. The molecule has 0 aliphatic carbocycles. The second-order valence-corrected chi connectivity index (χ2v) is 20.3. The first-order chi connectivity index (χ1) is 12.3. The Labute approximate surface area is 244 Å². The fourth-order valence-electron chi connectivity index (χ4n) is 1.26. The number of alkyl halides is 13. The monoisotopic (exact) mass is 825 g/mol. The molecule has 0 saturated carbocycles. The molecule has 0 rings (SSSR count). The highest BCUT2D eigenvalue weighted by atomic mass is 79.9. The van der Waals surface area contributed by atoms with Crippen LogP contribution in [-0.4, -0.2) is 25.4 Å². The van der Waals surface area contributed by atoms with Gasteiger partial charge < -0.3 is 0 Å². The van der Waals surface area contributed by atoms with E-state index < -0.39 is 45.6 Å². The highest BCUT2D eigenvalue weighted by Crippen LogP contribution is 2.66. The zero-order chi connectivity index (χ0) is 23.7. The molecule has 4 nitrogen and oxygen atoms in total. The molecule has 1 atom stereocenters. The van der Waals surface area contributed by atoms with Gasteiger partial charge in [0.1, 0.15) is 0 Å². The molecule has 0 aliphatic heterocycles. The lowest BCUT2D eigenvalue weighted by atomic mass is 9.98. The predicted octanol–water partition coefficient (Wildman–Crippen LogP) is 10.8. The van der Waals surface area contributed by atoms with Gasteiger partial charge in [-0.15, -0.1) is 11.6 Å². The summed E-state index contributed by atoms with van der Waals surface area (Å²) in [5.41, 5.74) is -1.04. The van der Waals surface area contributed by atoms with Gasteiger partial charge in [0, 0.05) is 24.1 Å². The number of hydrogen-bond acceptors (Lipinski definition) is 4. The van der Waals surface area contributed by atoms with E-state index in [9.17, 15) is 4.57 Å². The maximum absolute atomic E-state index is 13.4. The largest absolute Gasteiger partial charge is 0.482 e. The number of rotatable bonds is 12. The van der Waals surface area contributed by atoms with Gasteiger partial charge in [0.05, 0.1) is 0 Å². The molecule has 18 heteroatoms. The zero-order valence-corrected chi connectivity index (χ0v) is 27.3. The Morgan fingerprint density at radius 3 is 1.28 bits per heavy atom. The van der Waals surface area contributed by atoms with E-state index in [1.165, 1.54) is 0 Å². The third-order valence-electron chi connectivity index (χ3n) is 2.65. The first kappa shape index (κ1) is 33.4. The van der Waals surface area contributed by atoms with Crippen molar-refractivity contribution in [3.8, 4) is 0 Å². The number of hydrogen-bond donors (Lipinski definition) is 0. The Hall–Kier alpha value is 4.45. The predicted molar refractivity (Wildman–Crippen MR) is 138 cm³/mol. The van der Waals surface area contributed by atoms with E-state index in [4.69, 9.17) is 130 Å². The van der Waals surface area contributed by atoms with Gasteiger partial charge in [-0.1, -0.05) is 118 Å². The average Bonchev–Trinajstić information content (AvgIpc) is 2.28. The van der Waals surface area contributed by atoms with Crippen molar-refractivity contribution in [2.24, 2.45) is 5.41 Å². The molecule has 0 radical (unpaired) electrons. The Bertz CT molecular complexity index is 575. The van der Waals surface area contributed by atoms with Gasteiger partial charge in [0.25, 0.3) is 0 Å². The molecule has 0 aromatic heterocycles. The van der Waals surface area contributed by atoms with Crippen LogP contribution in [0.1, 0.15) is 26.7 Å². The molecule has 1 unspecified atom stereocenters. The summed E-state index contributed by atoms with van der Waals surface area (Å²) in [6, 6.07) is 0. The Kier molecular flexibility index (Phi) is 13.5. The van der Waals surface area contributed by atoms with Crippen LogP contribution in [-0.2, 0) is 18.1 Å². The third-order valence-corrected chi connectivity index (χ3v) is 9.44. The Morgan fingerprint density at radius 2 is 1.03 bits per heavy atom. The molecule has 0 bridgehead atoms.